The number of likely N-dealkylation sites (tertiary alicyclic amines) is 1. The van der Waals surface area contributed by atoms with E-state index in [-0.39, 0.29) is 18.1 Å². The number of aromatic hydroxyl groups is 1. The van der Waals surface area contributed by atoms with E-state index >= 15 is 0 Å². The highest BCUT2D eigenvalue weighted by atomic mass is 35.5. The van der Waals surface area contributed by atoms with Gasteiger partial charge in [-0.05, 0) is 24.0 Å². The molecule has 0 spiro atoms. The van der Waals surface area contributed by atoms with Crippen molar-refractivity contribution in [2.75, 3.05) is 13.1 Å². The Kier molecular flexibility index (Phi) is 4.32. The third-order valence-electron chi connectivity index (χ3n) is 3.72. The first kappa shape index (κ1) is 14.2. The number of carboxylic acid groups (broad SMARTS) is 1. The summed E-state index contributed by atoms with van der Waals surface area (Å²) < 4.78 is 0. The predicted molar refractivity (Wildman–Crippen MR) is 73.3 cm³/mol. The number of rotatable bonds is 4. The zero-order valence-corrected chi connectivity index (χ0v) is 11.6. The van der Waals surface area contributed by atoms with Crippen molar-refractivity contribution < 1.29 is 15.0 Å². The van der Waals surface area contributed by atoms with Crippen molar-refractivity contribution in [3.8, 4) is 5.75 Å². The Balaban J connectivity index is 1.99. The van der Waals surface area contributed by atoms with E-state index in [9.17, 15) is 9.90 Å². The van der Waals surface area contributed by atoms with Crippen LogP contribution in [0.4, 0.5) is 0 Å². The molecule has 0 aliphatic carbocycles. The van der Waals surface area contributed by atoms with Crippen molar-refractivity contribution in [2.45, 2.75) is 19.9 Å². The third kappa shape index (κ3) is 3.61. The smallest absolute Gasteiger partial charge is 0.303 e. The van der Waals surface area contributed by atoms with Crippen LogP contribution < -0.4 is 0 Å². The molecular weight excluding hydrogens is 266 g/mol. The van der Waals surface area contributed by atoms with Crippen LogP contribution >= 0.6 is 11.6 Å². The quantitative estimate of drug-likeness (QED) is 0.892. The molecule has 5 heteroatoms. The second-order valence-electron chi connectivity index (χ2n) is 5.30. The van der Waals surface area contributed by atoms with Crippen LogP contribution in [-0.2, 0) is 11.3 Å². The fraction of sp³-hybridized carbons (Fsp3) is 0.500. The average molecular weight is 284 g/mol. The lowest BCUT2D eigenvalue weighted by Crippen LogP contribution is -2.20. The first-order valence-corrected chi connectivity index (χ1v) is 6.75. The summed E-state index contributed by atoms with van der Waals surface area (Å²) in [6.07, 6.45) is 0.213. The lowest BCUT2D eigenvalue weighted by atomic mass is 9.95. The van der Waals surface area contributed by atoms with Crippen LogP contribution in [0.25, 0.3) is 0 Å². The summed E-state index contributed by atoms with van der Waals surface area (Å²) in [5, 5.41) is 19.2. The number of phenols is 1. The fourth-order valence-electron chi connectivity index (χ4n) is 2.67. The molecule has 0 amide bonds. The van der Waals surface area contributed by atoms with E-state index in [1.165, 1.54) is 6.07 Å². The van der Waals surface area contributed by atoms with Crippen LogP contribution in [0.2, 0.25) is 5.02 Å². The molecule has 0 saturated carbocycles. The Morgan fingerprint density at radius 2 is 2.21 bits per heavy atom. The van der Waals surface area contributed by atoms with Crippen molar-refractivity contribution in [3.05, 3.63) is 28.8 Å². The van der Waals surface area contributed by atoms with Gasteiger partial charge in [0, 0.05) is 36.6 Å². The first-order chi connectivity index (χ1) is 8.95. The van der Waals surface area contributed by atoms with E-state index in [2.05, 4.69) is 11.8 Å². The predicted octanol–water partition coefficient (Wildman–Crippen LogP) is 2.59. The van der Waals surface area contributed by atoms with Crippen molar-refractivity contribution in [2.24, 2.45) is 11.8 Å². The molecule has 1 aromatic rings. The molecule has 0 aromatic heterocycles. The minimum Gasteiger partial charge on any atom is -0.508 e. The van der Waals surface area contributed by atoms with Gasteiger partial charge in [-0.2, -0.15) is 0 Å². The maximum atomic E-state index is 10.8. The van der Waals surface area contributed by atoms with E-state index in [0.29, 0.717) is 17.5 Å². The molecule has 1 heterocycles. The maximum absolute atomic E-state index is 10.8. The molecule has 2 N–H and O–H groups in total. The lowest BCUT2D eigenvalue weighted by molar-refractivity contribution is -0.138. The molecule has 1 fully saturated rings. The molecule has 4 nitrogen and oxygen atoms in total. The van der Waals surface area contributed by atoms with Gasteiger partial charge in [-0.15, -0.1) is 0 Å². The van der Waals surface area contributed by atoms with Gasteiger partial charge in [0.25, 0.3) is 0 Å². The SMILES string of the molecule is C[C@@H]1CN(Cc2ccc(Cl)cc2O)C[C@H]1CC(=O)O. The van der Waals surface area contributed by atoms with Crippen molar-refractivity contribution in [1.82, 2.24) is 4.90 Å². The van der Waals surface area contributed by atoms with Gasteiger partial charge < -0.3 is 10.2 Å². The first-order valence-electron chi connectivity index (χ1n) is 6.37. The van der Waals surface area contributed by atoms with Gasteiger partial charge in [0.05, 0.1) is 0 Å². The normalized spacial score (nSPS) is 23.7. The van der Waals surface area contributed by atoms with Gasteiger partial charge in [0.1, 0.15) is 5.75 Å². The highest BCUT2D eigenvalue weighted by Crippen LogP contribution is 2.29. The number of phenolic OH excluding ortho intramolecular Hbond substituents is 1. The second kappa shape index (κ2) is 5.80. The van der Waals surface area contributed by atoms with Gasteiger partial charge in [0.2, 0.25) is 0 Å². The number of aliphatic carboxylic acids is 1. The summed E-state index contributed by atoms with van der Waals surface area (Å²) in [5.41, 5.74) is 0.826. The summed E-state index contributed by atoms with van der Waals surface area (Å²) in [6.45, 7) is 4.33. The second-order valence-corrected chi connectivity index (χ2v) is 5.74. The molecule has 0 bridgehead atoms. The molecule has 1 aliphatic heterocycles. The van der Waals surface area contributed by atoms with Gasteiger partial charge in [-0.3, -0.25) is 9.69 Å². The van der Waals surface area contributed by atoms with E-state index in [1.807, 2.05) is 6.07 Å². The van der Waals surface area contributed by atoms with E-state index in [4.69, 9.17) is 16.7 Å². The summed E-state index contributed by atoms with van der Waals surface area (Å²) in [7, 11) is 0. The Morgan fingerprint density at radius 1 is 1.47 bits per heavy atom. The molecule has 2 atom stereocenters. The average Bonchev–Trinajstić information content (AvgIpc) is 2.62. The standard InChI is InChI=1S/C14H18ClNO3/c1-9-6-16(8-11(9)4-14(18)19)7-10-2-3-12(15)5-13(10)17/h2-3,5,9,11,17H,4,6-8H2,1H3,(H,18,19)/t9-,11-/m1/s1. The molecule has 0 unspecified atom stereocenters. The van der Waals surface area contributed by atoms with Gasteiger partial charge >= 0.3 is 5.97 Å². The largest absolute Gasteiger partial charge is 0.508 e. The van der Waals surface area contributed by atoms with Crippen LogP contribution in [0.15, 0.2) is 18.2 Å². The zero-order chi connectivity index (χ0) is 14.0. The van der Waals surface area contributed by atoms with Gasteiger partial charge in [0.15, 0.2) is 0 Å². The Morgan fingerprint density at radius 3 is 2.84 bits per heavy atom. The van der Waals surface area contributed by atoms with Crippen LogP contribution in [0.5, 0.6) is 5.75 Å². The minimum atomic E-state index is -0.743. The van der Waals surface area contributed by atoms with Gasteiger partial charge in [-0.25, -0.2) is 0 Å². The number of hydrogen-bond acceptors (Lipinski definition) is 3. The van der Waals surface area contributed by atoms with E-state index in [1.54, 1.807) is 6.07 Å². The molecule has 1 aromatic carbocycles. The minimum absolute atomic E-state index is 0.187. The topological polar surface area (TPSA) is 60.8 Å². The Bertz CT molecular complexity index is 478. The van der Waals surface area contributed by atoms with E-state index in [0.717, 1.165) is 18.7 Å². The van der Waals surface area contributed by atoms with Crippen molar-refractivity contribution >= 4 is 17.6 Å². The Hall–Kier alpha value is -1.26. The van der Waals surface area contributed by atoms with Crippen LogP contribution in [-0.4, -0.2) is 34.2 Å². The molecule has 2 rings (SSSR count). The summed E-state index contributed by atoms with van der Waals surface area (Å²) in [5.74, 6) is 0.00682. The van der Waals surface area contributed by atoms with Crippen molar-refractivity contribution in [1.29, 1.82) is 0 Å². The molecule has 1 saturated heterocycles. The molecule has 0 radical (unpaired) electrons. The molecule has 1 aliphatic rings. The van der Waals surface area contributed by atoms with Crippen LogP contribution in [0.1, 0.15) is 18.9 Å². The summed E-state index contributed by atoms with van der Waals surface area (Å²) in [4.78, 5) is 13.0. The highest BCUT2D eigenvalue weighted by Gasteiger charge is 2.31. The number of hydrogen-bond donors (Lipinski definition) is 2. The third-order valence-corrected chi connectivity index (χ3v) is 3.96. The number of nitrogens with zero attached hydrogens (tertiary/aromatic N) is 1. The maximum Gasteiger partial charge on any atom is 0.303 e. The fourth-order valence-corrected chi connectivity index (χ4v) is 2.84. The number of carboxylic acids is 1. The van der Waals surface area contributed by atoms with Gasteiger partial charge in [-0.1, -0.05) is 24.6 Å². The Labute approximate surface area is 117 Å². The molecule has 19 heavy (non-hydrogen) atoms. The number of benzene rings is 1. The number of halogens is 1. The zero-order valence-electron chi connectivity index (χ0n) is 10.8. The number of carbonyl (C=O) groups is 1. The molecular formula is C14H18ClNO3. The van der Waals surface area contributed by atoms with Crippen LogP contribution in [0, 0.1) is 11.8 Å². The van der Waals surface area contributed by atoms with E-state index < -0.39 is 5.97 Å². The highest BCUT2D eigenvalue weighted by molar-refractivity contribution is 6.30. The summed E-state index contributed by atoms with van der Waals surface area (Å²) in [6, 6.07) is 5.10. The monoisotopic (exact) mass is 283 g/mol. The van der Waals surface area contributed by atoms with Crippen molar-refractivity contribution in [3.63, 3.8) is 0 Å². The summed E-state index contributed by atoms with van der Waals surface area (Å²) >= 11 is 5.80. The van der Waals surface area contributed by atoms with Crippen LogP contribution in [0.3, 0.4) is 0 Å². The lowest BCUT2D eigenvalue weighted by Gasteiger charge is -2.16. The molecule has 104 valence electrons.